The number of allylic oxidation sites excluding steroid dienone is 1. The lowest BCUT2D eigenvalue weighted by Crippen LogP contribution is -2.33. The Kier molecular flexibility index (Phi) is 2.52. The first-order chi connectivity index (χ1) is 7.15. The summed E-state index contributed by atoms with van der Waals surface area (Å²) >= 11 is 0. The predicted octanol–water partition coefficient (Wildman–Crippen LogP) is 0.928. The van der Waals surface area contributed by atoms with Crippen LogP contribution in [-0.4, -0.2) is 28.9 Å². The molecule has 82 valence electrons. The van der Waals surface area contributed by atoms with E-state index in [0.717, 1.165) is 5.57 Å². The zero-order valence-electron chi connectivity index (χ0n) is 8.51. The van der Waals surface area contributed by atoms with Gasteiger partial charge in [0, 0.05) is 11.8 Å². The quantitative estimate of drug-likeness (QED) is 0.665. The van der Waals surface area contributed by atoms with Crippen LogP contribution in [0.1, 0.15) is 13.3 Å². The Balaban J connectivity index is 2.29. The number of aliphatic hydroxyl groups is 1. The average molecular weight is 210 g/mol. The number of fused-ring (bicyclic) bond motifs is 1. The van der Waals surface area contributed by atoms with Crippen molar-refractivity contribution in [2.75, 3.05) is 6.61 Å². The van der Waals surface area contributed by atoms with Gasteiger partial charge in [-0.15, -0.1) is 0 Å². The normalized spacial score (nSPS) is 33.9. The molecule has 3 atom stereocenters. The van der Waals surface area contributed by atoms with Crippen molar-refractivity contribution < 1.29 is 19.7 Å². The minimum atomic E-state index is -0.926. The predicted molar refractivity (Wildman–Crippen MR) is 53.0 cm³/mol. The van der Waals surface area contributed by atoms with E-state index in [1.807, 2.05) is 13.0 Å². The van der Waals surface area contributed by atoms with Crippen LogP contribution in [-0.2, 0) is 9.53 Å². The highest BCUT2D eigenvalue weighted by molar-refractivity contribution is 5.87. The molecule has 2 N–H and O–H groups in total. The molecule has 0 unspecified atom stereocenters. The summed E-state index contributed by atoms with van der Waals surface area (Å²) in [6.45, 7) is 1.89. The van der Waals surface area contributed by atoms with E-state index < -0.39 is 5.97 Å². The number of aliphatic hydroxyl groups excluding tert-OH is 1. The monoisotopic (exact) mass is 210 g/mol. The summed E-state index contributed by atoms with van der Waals surface area (Å²) in [5.41, 5.74) is 1.22. The van der Waals surface area contributed by atoms with Crippen LogP contribution in [0.3, 0.4) is 0 Å². The molecule has 0 amide bonds. The van der Waals surface area contributed by atoms with Crippen LogP contribution in [0, 0.1) is 11.8 Å². The van der Waals surface area contributed by atoms with E-state index in [1.165, 1.54) is 6.26 Å². The van der Waals surface area contributed by atoms with Gasteiger partial charge < -0.3 is 14.9 Å². The molecule has 0 bridgehead atoms. The number of carboxylic acid groups (broad SMARTS) is 1. The number of carboxylic acids is 1. The smallest absolute Gasteiger partial charge is 0.335 e. The van der Waals surface area contributed by atoms with Crippen molar-refractivity contribution in [1.29, 1.82) is 0 Å². The largest absolute Gasteiger partial charge is 0.497 e. The maximum absolute atomic E-state index is 11.0. The lowest BCUT2D eigenvalue weighted by atomic mass is 9.81. The molecule has 4 heteroatoms. The van der Waals surface area contributed by atoms with E-state index in [2.05, 4.69) is 0 Å². The van der Waals surface area contributed by atoms with Crippen LogP contribution in [0.2, 0.25) is 0 Å². The Morgan fingerprint density at radius 1 is 1.67 bits per heavy atom. The number of ether oxygens (including phenoxy) is 1. The van der Waals surface area contributed by atoms with E-state index in [0.29, 0.717) is 12.0 Å². The molecule has 15 heavy (non-hydrogen) atoms. The summed E-state index contributed by atoms with van der Waals surface area (Å²) in [4.78, 5) is 11.0. The van der Waals surface area contributed by atoms with Gasteiger partial charge in [0.15, 0.2) is 0 Å². The first-order valence-corrected chi connectivity index (χ1v) is 5.03. The fourth-order valence-electron chi connectivity index (χ4n) is 2.50. The van der Waals surface area contributed by atoms with E-state index in [9.17, 15) is 4.79 Å². The van der Waals surface area contributed by atoms with Crippen molar-refractivity contribution in [1.82, 2.24) is 0 Å². The van der Waals surface area contributed by atoms with Gasteiger partial charge in [0.25, 0.3) is 0 Å². The summed E-state index contributed by atoms with van der Waals surface area (Å²) in [7, 11) is 0. The maximum atomic E-state index is 11.0. The maximum Gasteiger partial charge on any atom is 0.335 e. The first kappa shape index (κ1) is 10.2. The number of aliphatic carboxylic acids is 1. The molecule has 0 radical (unpaired) electrons. The molecule has 1 heterocycles. The number of carbonyl (C=O) groups is 1. The highest BCUT2D eigenvalue weighted by atomic mass is 16.5. The van der Waals surface area contributed by atoms with Crippen LogP contribution in [0.4, 0.5) is 0 Å². The molecule has 0 spiro atoms. The topological polar surface area (TPSA) is 66.8 Å². The van der Waals surface area contributed by atoms with Crippen molar-refractivity contribution in [3.05, 3.63) is 23.5 Å². The van der Waals surface area contributed by atoms with Gasteiger partial charge >= 0.3 is 5.97 Å². The molecule has 0 aromatic rings. The SMILES string of the molecule is C[C@@H]1OC=C(C(=O)O)[C@@H]2CC=C(CO)[C@@H]12. The van der Waals surface area contributed by atoms with Gasteiger partial charge in [-0.25, -0.2) is 4.79 Å². The minimum Gasteiger partial charge on any atom is -0.497 e. The Bertz CT molecular complexity index is 342. The molecule has 0 aromatic heterocycles. The highest BCUT2D eigenvalue weighted by Crippen LogP contribution is 2.42. The van der Waals surface area contributed by atoms with Crippen LogP contribution >= 0.6 is 0 Å². The average Bonchev–Trinajstić information content (AvgIpc) is 2.62. The third-order valence-electron chi connectivity index (χ3n) is 3.24. The van der Waals surface area contributed by atoms with E-state index >= 15 is 0 Å². The lowest BCUT2D eigenvalue weighted by Gasteiger charge is -2.32. The Labute approximate surface area is 87.9 Å². The van der Waals surface area contributed by atoms with Gasteiger partial charge in [0.2, 0.25) is 0 Å². The zero-order valence-corrected chi connectivity index (χ0v) is 8.51. The third kappa shape index (κ3) is 1.55. The molecule has 0 fully saturated rings. The number of rotatable bonds is 2. The fourth-order valence-corrected chi connectivity index (χ4v) is 2.50. The number of hydrogen-bond donors (Lipinski definition) is 2. The Morgan fingerprint density at radius 3 is 3.00 bits per heavy atom. The molecule has 1 aliphatic carbocycles. The van der Waals surface area contributed by atoms with E-state index in [4.69, 9.17) is 14.9 Å². The Morgan fingerprint density at radius 2 is 2.40 bits per heavy atom. The van der Waals surface area contributed by atoms with Crippen LogP contribution in [0.15, 0.2) is 23.5 Å². The standard InChI is InChI=1S/C11H14O4/c1-6-10-7(4-12)2-3-8(10)9(5-15-6)11(13)14/h2,5-6,8,10,12H,3-4H2,1H3,(H,13,14)/t6-,8-,10+/m0/s1. The summed E-state index contributed by atoms with van der Waals surface area (Å²) in [6.07, 6.45) is 3.91. The van der Waals surface area contributed by atoms with Gasteiger partial charge in [-0.05, 0) is 18.9 Å². The van der Waals surface area contributed by atoms with Crippen LogP contribution in [0.5, 0.6) is 0 Å². The van der Waals surface area contributed by atoms with Crippen LogP contribution in [0.25, 0.3) is 0 Å². The zero-order chi connectivity index (χ0) is 11.0. The van der Waals surface area contributed by atoms with E-state index in [1.54, 1.807) is 0 Å². The van der Waals surface area contributed by atoms with Crippen molar-refractivity contribution >= 4 is 5.97 Å². The van der Waals surface area contributed by atoms with Gasteiger partial charge in [-0.2, -0.15) is 0 Å². The van der Waals surface area contributed by atoms with Gasteiger partial charge in [0.05, 0.1) is 18.4 Å². The molecule has 2 aliphatic rings. The molecule has 1 aliphatic heterocycles. The van der Waals surface area contributed by atoms with Gasteiger partial charge in [-0.3, -0.25) is 0 Å². The fraction of sp³-hybridized carbons (Fsp3) is 0.545. The second kappa shape index (κ2) is 3.70. The Hall–Kier alpha value is -1.29. The third-order valence-corrected chi connectivity index (χ3v) is 3.24. The second-order valence-electron chi connectivity index (χ2n) is 4.02. The molecule has 2 rings (SSSR count). The summed E-state index contributed by atoms with van der Waals surface area (Å²) < 4.78 is 5.30. The molecule has 0 aromatic carbocycles. The second-order valence-corrected chi connectivity index (χ2v) is 4.02. The van der Waals surface area contributed by atoms with Crippen molar-refractivity contribution in [3.63, 3.8) is 0 Å². The van der Waals surface area contributed by atoms with Gasteiger partial charge in [-0.1, -0.05) is 6.08 Å². The molecular formula is C11H14O4. The summed E-state index contributed by atoms with van der Waals surface area (Å²) in [5.74, 6) is -0.941. The van der Waals surface area contributed by atoms with Crippen LogP contribution < -0.4 is 0 Å². The number of hydrogen-bond acceptors (Lipinski definition) is 3. The first-order valence-electron chi connectivity index (χ1n) is 5.03. The highest BCUT2D eigenvalue weighted by Gasteiger charge is 2.41. The molecule has 0 saturated carbocycles. The summed E-state index contributed by atoms with van der Waals surface area (Å²) in [5, 5.41) is 18.2. The minimum absolute atomic E-state index is 0.0121. The van der Waals surface area contributed by atoms with Crippen molar-refractivity contribution in [2.24, 2.45) is 11.8 Å². The molecular weight excluding hydrogens is 196 g/mol. The molecule has 0 saturated heterocycles. The molecule has 4 nitrogen and oxygen atoms in total. The van der Waals surface area contributed by atoms with Gasteiger partial charge in [0.1, 0.15) is 6.10 Å². The lowest BCUT2D eigenvalue weighted by molar-refractivity contribution is -0.134. The van der Waals surface area contributed by atoms with Crippen molar-refractivity contribution in [3.8, 4) is 0 Å². The summed E-state index contributed by atoms with van der Waals surface area (Å²) in [6, 6.07) is 0. The van der Waals surface area contributed by atoms with E-state index in [-0.39, 0.29) is 24.5 Å². The van der Waals surface area contributed by atoms with Crippen molar-refractivity contribution in [2.45, 2.75) is 19.4 Å².